The highest BCUT2D eigenvalue weighted by molar-refractivity contribution is 5.39. The van der Waals surface area contributed by atoms with Gasteiger partial charge in [-0.2, -0.15) is 13.2 Å². The largest absolute Gasteiger partial charge is 0.488 e. The van der Waals surface area contributed by atoms with Gasteiger partial charge in [0.2, 0.25) is 0 Å². The van der Waals surface area contributed by atoms with Gasteiger partial charge in [-0.15, -0.1) is 10.2 Å². The Hall–Kier alpha value is -2.31. The summed E-state index contributed by atoms with van der Waals surface area (Å²) in [5.41, 5.74) is 0.125. The summed E-state index contributed by atoms with van der Waals surface area (Å²) in [4.78, 5) is 0. The molecule has 0 spiro atoms. The number of nitrogens with one attached hydrogen (secondary N) is 1. The first-order valence-corrected chi connectivity index (χ1v) is 6.42. The molecule has 2 aromatic rings. The van der Waals surface area contributed by atoms with Crippen LogP contribution in [0.1, 0.15) is 11.3 Å². The van der Waals surface area contributed by atoms with E-state index in [0.717, 1.165) is 23.8 Å². The maximum Gasteiger partial charge on any atom is 0.435 e. The summed E-state index contributed by atoms with van der Waals surface area (Å²) in [6, 6.07) is 9.90. The number of hydrogen-bond donors (Lipinski definition) is 1. The SMILES string of the molecule is FC(F)(F)c1ccc(NCC2Cc3ccccc3O2)nn1. The third kappa shape index (κ3) is 3.07. The van der Waals surface area contributed by atoms with Gasteiger partial charge in [0, 0.05) is 6.42 Å². The summed E-state index contributed by atoms with van der Waals surface area (Å²) in [6.45, 7) is 0.453. The van der Waals surface area contributed by atoms with Crippen LogP contribution >= 0.6 is 0 Å². The monoisotopic (exact) mass is 295 g/mol. The first kappa shape index (κ1) is 13.7. The third-order valence-electron chi connectivity index (χ3n) is 3.18. The van der Waals surface area contributed by atoms with Crippen LogP contribution in [0.3, 0.4) is 0 Å². The number of nitrogens with zero attached hydrogens (tertiary/aromatic N) is 2. The highest BCUT2D eigenvalue weighted by atomic mass is 19.4. The van der Waals surface area contributed by atoms with Crippen LogP contribution in [0.5, 0.6) is 5.75 Å². The zero-order valence-electron chi connectivity index (χ0n) is 10.9. The number of halogens is 3. The van der Waals surface area contributed by atoms with Crippen molar-refractivity contribution in [3.05, 3.63) is 47.7 Å². The van der Waals surface area contributed by atoms with Gasteiger partial charge in [-0.3, -0.25) is 0 Å². The molecule has 4 nitrogen and oxygen atoms in total. The fourth-order valence-corrected chi connectivity index (χ4v) is 2.16. The summed E-state index contributed by atoms with van der Waals surface area (Å²) in [5.74, 6) is 1.14. The molecule has 21 heavy (non-hydrogen) atoms. The summed E-state index contributed by atoms with van der Waals surface area (Å²) in [6.07, 6.45) is -3.77. The molecule has 1 aliphatic heterocycles. The van der Waals surface area contributed by atoms with Crippen LogP contribution in [0.4, 0.5) is 19.0 Å². The van der Waals surface area contributed by atoms with Crippen molar-refractivity contribution in [2.45, 2.75) is 18.7 Å². The molecule has 1 aromatic carbocycles. The van der Waals surface area contributed by atoms with Crippen molar-refractivity contribution in [3.8, 4) is 5.75 Å². The molecule has 0 saturated carbocycles. The maximum absolute atomic E-state index is 12.4. The van der Waals surface area contributed by atoms with Crippen molar-refractivity contribution in [1.29, 1.82) is 0 Å². The van der Waals surface area contributed by atoms with Crippen LogP contribution in [0.2, 0.25) is 0 Å². The van der Waals surface area contributed by atoms with Gasteiger partial charge in [0.25, 0.3) is 0 Å². The van der Waals surface area contributed by atoms with Gasteiger partial charge in [-0.1, -0.05) is 18.2 Å². The van der Waals surface area contributed by atoms with Gasteiger partial charge >= 0.3 is 6.18 Å². The minimum Gasteiger partial charge on any atom is -0.488 e. The topological polar surface area (TPSA) is 47.0 Å². The van der Waals surface area contributed by atoms with Crippen molar-refractivity contribution >= 4 is 5.82 Å². The van der Waals surface area contributed by atoms with E-state index in [1.54, 1.807) is 0 Å². The molecular weight excluding hydrogens is 283 g/mol. The second kappa shape index (κ2) is 5.23. The molecular formula is C14H12F3N3O. The molecule has 0 bridgehead atoms. The van der Waals surface area contributed by atoms with E-state index in [-0.39, 0.29) is 6.10 Å². The number of anilines is 1. The fourth-order valence-electron chi connectivity index (χ4n) is 2.16. The molecule has 1 N–H and O–H groups in total. The Morgan fingerprint density at radius 2 is 1.95 bits per heavy atom. The van der Waals surface area contributed by atoms with Gasteiger partial charge in [0.05, 0.1) is 6.54 Å². The molecule has 1 unspecified atom stereocenters. The van der Waals surface area contributed by atoms with Gasteiger partial charge in [-0.05, 0) is 23.8 Å². The lowest BCUT2D eigenvalue weighted by Gasteiger charge is -2.12. The smallest absolute Gasteiger partial charge is 0.435 e. The maximum atomic E-state index is 12.4. The van der Waals surface area contributed by atoms with Gasteiger partial charge < -0.3 is 10.1 Å². The molecule has 1 atom stereocenters. The predicted octanol–water partition coefficient (Wildman–Crippen LogP) is 2.91. The number of hydrogen-bond acceptors (Lipinski definition) is 4. The molecule has 0 saturated heterocycles. The molecule has 2 heterocycles. The number of rotatable bonds is 3. The Morgan fingerprint density at radius 3 is 2.62 bits per heavy atom. The Bertz CT molecular complexity index is 603. The number of ether oxygens (including phenoxy) is 1. The lowest BCUT2D eigenvalue weighted by atomic mass is 10.1. The lowest BCUT2D eigenvalue weighted by molar-refractivity contribution is -0.141. The Morgan fingerprint density at radius 1 is 1.14 bits per heavy atom. The summed E-state index contributed by atoms with van der Waals surface area (Å²) < 4.78 is 42.8. The quantitative estimate of drug-likeness (QED) is 0.946. The van der Waals surface area contributed by atoms with Crippen LogP contribution in [0, 0.1) is 0 Å². The van der Waals surface area contributed by atoms with Gasteiger partial charge in [0.15, 0.2) is 5.69 Å². The van der Waals surface area contributed by atoms with E-state index < -0.39 is 11.9 Å². The molecule has 0 aliphatic carbocycles. The highest BCUT2D eigenvalue weighted by Gasteiger charge is 2.32. The van der Waals surface area contributed by atoms with E-state index >= 15 is 0 Å². The van der Waals surface area contributed by atoms with Crippen molar-refractivity contribution in [1.82, 2.24) is 10.2 Å². The highest BCUT2D eigenvalue weighted by Crippen LogP contribution is 2.29. The van der Waals surface area contributed by atoms with E-state index in [1.807, 2.05) is 24.3 Å². The summed E-state index contributed by atoms with van der Waals surface area (Å²) >= 11 is 0. The standard InChI is InChI=1S/C14H12F3N3O/c15-14(16,17)12-5-6-13(20-19-12)18-8-10-7-9-3-1-2-4-11(9)21-10/h1-6,10H,7-8H2,(H,18,20). The van der Waals surface area contributed by atoms with Crippen LogP contribution in [0.15, 0.2) is 36.4 Å². The van der Waals surface area contributed by atoms with E-state index in [9.17, 15) is 13.2 Å². The molecule has 0 fully saturated rings. The molecule has 7 heteroatoms. The van der Waals surface area contributed by atoms with Crippen molar-refractivity contribution in [2.75, 3.05) is 11.9 Å². The second-order valence-electron chi connectivity index (χ2n) is 4.73. The average molecular weight is 295 g/mol. The van der Waals surface area contributed by atoms with Crippen LogP contribution in [-0.4, -0.2) is 22.8 Å². The third-order valence-corrected chi connectivity index (χ3v) is 3.18. The first-order chi connectivity index (χ1) is 10.0. The minimum absolute atomic E-state index is 0.0634. The molecule has 1 aromatic heterocycles. The summed E-state index contributed by atoms with van der Waals surface area (Å²) in [5, 5.41) is 9.61. The van der Waals surface area contributed by atoms with Gasteiger partial charge in [0.1, 0.15) is 17.7 Å². The van der Waals surface area contributed by atoms with E-state index in [1.165, 1.54) is 6.07 Å². The Balaban J connectivity index is 1.57. The molecule has 1 aliphatic rings. The second-order valence-corrected chi connectivity index (χ2v) is 4.73. The average Bonchev–Trinajstić information content (AvgIpc) is 2.87. The van der Waals surface area contributed by atoms with E-state index in [2.05, 4.69) is 15.5 Å². The number of alkyl halides is 3. The Labute approximate surface area is 119 Å². The zero-order chi connectivity index (χ0) is 14.9. The molecule has 3 rings (SSSR count). The molecule has 0 radical (unpaired) electrons. The van der Waals surface area contributed by atoms with Crippen molar-refractivity contribution in [3.63, 3.8) is 0 Å². The predicted molar refractivity (Wildman–Crippen MR) is 70.1 cm³/mol. The van der Waals surface area contributed by atoms with Crippen molar-refractivity contribution in [2.24, 2.45) is 0 Å². The summed E-state index contributed by atoms with van der Waals surface area (Å²) in [7, 11) is 0. The number of para-hydroxylation sites is 1. The minimum atomic E-state index is -4.47. The molecule has 0 amide bonds. The Kier molecular flexibility index (Phi) is 3.40. The first-order valence-electron chi connectivity index (χ1n) is 6.42. The fraction of sp³-hybridized carbons (Fsp3) is 0.286. The number of benzene rings is 1. The normalized spacial score (nSPS) is 17.2. The number of aromatic nitrogens is 2. The lowest BCUT2D eigenvalue weighted by Crippen LogP contribution is -2.24. The van der Waals surface area contributed by atoms with E-state index in [0.29, 0.717) is 12.4 Å². The van der Waals surface area contributed by atoms with Crippen molar-refractivity contribution < 1.29 is 17.9 Å². The van der Waals surface area contributed by atoms with Crippen LogP contribution in [-0.2, 0) is 12.6 Å². The number of fused-ring (bicyclic) bond motifs is 1. The van der Waals surface area contributed by atoms with Crippen LogP contribution < -0.4 is 10.1 Å². The van der Waals surface area contributed by atoms with Crippen LogP contribution in [0.25, 0.3) is 0 Å². The van der Waals surface area contributed by atoms with Gasteiger partial charge in [-0.25, -0.2) is 0 Å². The molecule has 110 valence electrons. The zero-order valence-corrected chi connectivity index (χ0v) is 10.9. The van der Waals surface area contributed by atoms with E-state index in [4.69, 9.17) is 4.74 Å².